The van der Waals surface area contributed by atoms with Crippen LogP contribution in [0.15, 0.2) is 28.8 Å². The van der Waals surface area contributed by atoms with E-state index in [-0.39, 0.29) is 18.6 Å². The number of rotatable bonds is 5. The number of nitrogens with zero attached hydrogens (tertiary/aromatic N) is 1. The van der Waals surface area contributed by atoms with Crippen molar-refractivity contribution in [2.75, 3.05) is 0 Å². The molecule has 1 amide bonds. The summed E-state index contributed by atoms with van der Waals surface area (Å²) in [6, 6.07) is 5.52. The molecule has 1 aromatic carbocycles. The van der Waals surface area contributed by atoms with Crippen LogP contribution >= 0.6 is 0 Å². The lowest BCUT2D eigenvalue weighted by Gasteiger charge is -2.33. The Morgan fingerprint density at radius 3 is 2.71 bits per heavy atom. The molecule has 3 rings (SSSR count). The Morgan fingerprint density at radius 2 is 2.04 bits per heavy atom. The Bertz CT molecular complexity index is 813. The maximum atomic E-state index is 13.2. The van der Waals surface area contributed by atoms with E-state index in [1.54, 1.807) is 32.0 Å². The number of carbonyl (C=O) groups excluding carboxylic acids is 1. The Hall–Kier alpha value is -2.51. The van der Waals surface area contributed by atoms with Gasteiger partial charge < -0.3 is 14.6 Å². The van der Waals surface area contributed by atoms with Crippen LogP contribution in [0.25, 0.3) is 0 Å². The number of benzene rings is 1. The number of aryl methyl sites for hydroxylation is 2. The minimum atomic E-state index is -4.31. The molecule has 0 aliphatic heterocycles. The average Bonchev–Trinajstić information content (AvgIpc) is 2.97. The van der Waals surface area contributed by atoms with Gasteiger partial charge in [-0.25, -0.2) is 0 Å². The molecule has 1 saturated carbocycles. The first kappa shape index (κ1) is 20.2. The molecule has 152 valence electrons. The van der Waals surface area contributed by atoms with Crippen LogP contribution in [0.5, 0.6) is 5.75 Å². The van der Waals surface area contributed by atoms with Crippen molar-refractivity contribution in [2.24, 2.45) is 5.92 Å². The molecule has 1 heterocycles. The lowest BCUT2D eigenvalue weighted by atomic mass is 9.84. The molecule has 2 unspecified atom stereocenters. The van der Waals surface area contributed by atoms with E-state index in [1.165, 1.54) is 6.07 Å². The highest BCUT2D eigenvalue weighted by Gasteiger charge is 2.46. The topological polar surface area (TPSA) is 64.4 Å². The second kappa shape index (κ2) is 8.24. The minimum Gasteiger partial charge on any atom is -0.489 e. The fourth-order valence-corrected chi connectivity index (χ4v) is 3.54. The Kier molecular flexibility index (Phi) is 5.96. The zero-order valence-corrected chi connectivity index (χ0v) is 15.8. The van der Waals surface area contributed by atoms with E-state index in [4.69, 9.17) is 9.26 Å². The van der Waals surface area contributed by atoms with Crippen LogP contribution in [0, 0.1) is 19.8 Å². The molecule has 2 aromatic rings. The molecule has 1 aromatic heterocycles. The first-order chi connectivity index (χ1) is 13.3. The van der Waals surface area contributed by atoms with Crippen molar-refractivity contribution in [3.8, 4) is 5.75 Å². The highest BCUT2D eigenvalue weighted by Crippen LogP contribution is 2.37. The lowest BCUT2D eigenvalue weighted by molar-refractivity contribution is -0.187. The molecule has 0 saturated heterocycles. The molecule has 1 N–H and O–H groups in total. The van der Waals surface area contributed by atoms with Gasteiger partial charge in [-0.3, -0.25) is 4.79 Å². The number of carbonyl (C=O) groups is 1. The molecule has 0 bridgehead atoms. The maximum absolute atomic E-state index is 13.2. The van der Waals surface area contributed by atoms with Crippen LogP contribution in [0.4, 0.5) is 13.2 Å². The number of nitrogens with one attached hydrogen (secondary N) is 1. The van der Waals surface area contributed by atoms with E-state index < -0.39 is 24.0 Å². The SMILES string of the molecule is Cc1noc(C)c1COc1cccc(C(=O)NC2CCCCC2C(F)(F)F)c1. The average molecular weight is 396 g/mol. The highest BCUT2D eigenvalue weighted by molar-refractivity contribution is 5.94. The van der Waals surface area contributed by atoms with Crippen molar-refractivity contribution in [3.63, 3.8) is 0 Å². The third kappa shape index (κ3) is 4.66. The Labute approximate surface area is 161 Å². The molecule has 0 spiro atoms. The summed E-state index contributed by atoms with van der Waals surface area (Å²) in [6.07, 6.45) is -2.72. The summed E-state index contributed by atoms with van der Waals surface area (Å²) < 4.78 is 50.5. The van der Waals surface area contributed by atoms with Gasteiger partial charge in [0, 0.05) is 11.6 Å². The molecule has 2 atom stereocenters. The molecular formula is C20H23F3N2O3. The fraction of sp³-hybridized carbons (Fsp3) is 0.500. The minimum absolute atomic E-state index is 0.0506. The van der Waals surface area contributed by atoms with Gasteiger partial charge in [-0.1, -0.05) is 24.1 Å². The number of hydrogen-bond donors (Lipinski definition) is 1. The van der Waals surface area contributed by atoms with E-state index >= 15 is 0 Å². The Morgan fingerprint density at radius 1 is 1.29 bits per heavy atom. The summed E-state index contributed by atoms with van der Waals surface area (Å²) in [5.74, 6) is -0.918. The van der Waals surface area contributed by atoms with Gasteiger partial charge in [0.1, 0.15) is 18.1 Å². The van der Waals surface area contributed by atoms with Crippen LogP contribution < -0.4 is 10.1 Å². The van der Waals surface area contributed by atoms with Crippen LogP contribution in [-0.2, 0) is 6.61 Å². The van der Waals surface area contributed by atoms with Crippen molar-refractivity contribution >= 4 is 5.91 Å². The van der Waals surface area contributed by atoms with Crippen LogP contribution in [0.3, 0.4) is 0 Å². The third-order valence-electron chi connectivity index (χ3n) is 5.16. The number of aromatic nitrogens is 1. The monoisotopic (exact) mass is 396 g/mol. The van der Waals surface area contributed by atoms with Gasteiger partial charge in [-0.2, -0.15) is 13.2 Å². The predicted octanol–water partition coefficient (Wildman–Crippen LogP) is 4.72. The Balaban J connectivity index is 1.66. The van der Waals surface area contributed by atoms with E-state index in [9.17, 15) is 18.0 Å². The third-order valence-corrected chi connectivity index (χ3v) is 5.16. The smallest absolute Gasteiger partial charge is 0.393 e. The number of hydrogen-bond acceptors (Lipinski definition) is 4. The van der Waals surface area contributed by atoms with Gasteiger partial charge in [0.05, 0.1) is 17.2 Å². The number of alkyl halides is 3. The summed E-state index contributed by atoms with van der Waals surface area (Å²) in [6.45, 7) is 3.81. The van der Waals surface area contributed by atoms with Crippen molar-refractivity contribution in [2.45, 2.75) is 58.4 Å². The van der Waals surface area contributed by atoms with Crippen molar-refractivity contribution in [1.82, 2.24) is 10.5 Å². The molecule has 28 heavy (non-hydrogen) atoms. The number of ether oxygens (including phenoxy) is 1. The van der Waals surface area contributed by atoms with Gasteiger partial charge in [-0.15, -0.1) is 0 Å². The van der Waals surface area contributed by atoms with Crippen molar-refractivity contribution < 1.29 is 27.2 Å². The van der Waals surface area contributed by atoms with E-state index in [1.807, 2.05) is 0 Å². The van der Waals surface area contributed by atoms with Gasteiger partial charge in [-0.05, 0) is 44.9 Å². The zero-order chi connectivity index (χ0) is 20.3. The van der Waals surface area contributed by atoms with Gasteiger partial charge in [0.15, 0.2) is 0 Å². The summed E-state index contributed by atoms with van der Waals surface area (Å²) in [7, 11) is 0. The predicted molar refractivity (Wildman–Crippen MR) is 96.0 cm³/mol. The second-order valence-electron chi connectivity index (χ2n) is 7.13. The van der Waals surface area contributed by atoms with E-state index in [0.29, 0.717) is 30.8 Å². The molecule has 1 aliphatic rings. The standard InChI is InChI=1S/C20H23F3N2O3/c1-12-16(13(2)28-25-12)11-27-15-7-5-6-14(10-15)19(26)24-18-9-4-3-8-17(18)20(21,22)23/h5-7,10,17-18H,3-4,8-9,11H2,1-2H3,(H,24,26). The molecule has 1 aliphatic carbocycles. The number of amides is 1. The molecule has 1 fully saturated rings. The fourth-order valence-electron chi connectivity index (χ4n) is 3.54. The molecule has 8 heteroatoms. The first-order valence-electron chi connectivity index (χ1n) is 9.28. The van der Waals surface area contributed by atoms with E-state index in [2.05, 4.69) is 10.5 Å². The van der Waals surface area contributed by atoms with Gasteiger partial charge in [0.25, 0.3) is 5.91 Å². The molecular weight excluding hydrogens is 373 g/mol. The first-order valence-corrected chi connectivity index (χ1v) is 9.28. The number of halogens is 3. The molecule has 5 nitrogen and oxygen atoms in total. The van der Waals surface area contributed by atoms with Crippen molar-refractivity contribution in [1.29, 1.82) is 0 Å². The summed E-state index contributed by atoms with van der Waals surface area (Å²) in [5, 5.41) is 6.42. The summed E-state index contributed by atoms with van der Waals surface area (Å²) >= 11 is 0. The van der Waals surface area contributed by atoms with Crippen molar-refractivity contribution in [3.05, 3.63) is 46.8 Å². The van der Waals surface area contributed by atoms with Crippen LogP contribution in [0.1, 0.15) is 53.1 Å². The normalized spacial score (nSPS) is 20.0. The van der Waals surface area contributed by atoms with Crippen LogP contribution in [0.2, 0.25) is 0 Å². The zero-order valence-electron chi connectivity index (χ0n) is 15.8. The molecule has 0 radical (unpaired) electrons. The second-order valence-corrected chi connectivity index (χ2v) is 7.13. The maximum Gasteiger partial charge on any atom is 0.393 e. The van der Waals surface area contributed by atoms with E-state index in [0.717, 1.165) is 11.3 Å². The van der Waals surface area contributed by atoms with Gasteiger partial charge in [0.2, 0.25) is 0 Å². The highest BCUT2D eigenvalue weighted by atomic mass is 19.4. The summed E-state index contributed by atoms with van der Waals surface area (Å²) in [5.41, 5.74) is 1.81. The summed E-state index contributed by atoms with van der Waals surface area (Å²) in [4.78, 5) is 12.5. The lowest BCUT2D eigenvalue weighted by Crippen LogP contribution is -2.47. The quantitative estimate of drug-likeness (QED) is 0.794. The van der Waals surface area contributed by atoms with Crippen LogP contribution in [-0.4, -0.2) is 23.3 Å². The van der Waals surface area contributed by atoms with Gasteiger partial charge >= 0.3 is 6.18 Å². The largest absolute Gasteiger partial charge is 0.489 e.